The van der Waals surface area contributed by atoms with Crippen LogP contribution >= 0.6 is 0 Å². The predicted molar refractivity (Wildman–Crippen MR) is 248 cm³/mol. The van der Waals surface area contributed by atoms with Gasteiger partial charge in [0.1, 0.15) is 30.5 Å². The maximum atomic E-state index is 13.1. The van der Waals surface area contributed by atoms with Crippen molar-refractivity contribution in [2.45, 2.75) is 294 Å². The van der Waals surface area contributed by atoms with Crippen LogP contribution in [0.25, 0.3) is 0 Å². The van der Waals surface area contributed by atoms with Gasteiger partial charge in [0.15, 0.2) is 6.29 Å². The summed E-state index contributed by atoms with van der Waals surface area (Å²) >= 11 is 0. The highest BCUT2D eigenvalue weighted by molar-refractivity contribution is 5.76. The first-order chi connectivity index (χ1) is 29.6. The second kappa shape index (κ2) is 40.2. The fraction of sp³-hybridized carbons (Fsp3) is 0.960. The molecule has 11 nitrogen and oxygen atoms in total. The molecule has 7 N–H and O–H groups in total. The standard InChI is InChI=1S/C50H98N2O9/c1-4-6-8-10-12-14-16-18-19-20-21-22-23-24-25-26-28-30-32-34-36-38-45(55)52-42(40-60-50-49(59)48(58)47(57)44(61-50)39-51-41(3)53)46(56)43(54)37-35-33-31-29-27-17-15-13-11-9-7-5-2/h42-44,46-50,54,56-59H,4-40H2,1-3H3,(H,51,53)(H,52,55)/t42-,43+,44+,46-,47-,48-,49+,50-/m0/s1. The smallest absolute Gasteiger partial charge is 0.220 e. The zero-order valence-corrected chi connectivity index (χ0v) is 39.7. The number of carbonyl (C=O) groups excluding carboxylic acids is 2. The molecule has 1 aliphatic rings. The summed E-state index contributed by atoms with van der Waals surface area (Å²) in [6.45, 7) is 5.41. The highest BCUT2D eigenvalue weighted by Gasteiger charge is 2.45. The molecule has 8 atom stereocenters. The third-order valence-electron chi connectivity index (χ3n) is 12.7. The molecule has 0 spiro atoms. The van der Waals surface area contributed by atoms with Gasteiger partial charge in [0.2, 0.25) is 11.8 Å². The summed E-state index contributed by atoms with van der Waals surface area (Å²) in [7, 11) is 0. The van der Waals surface area contributed by atoms with Crippen LogP contribution in [0.4, 0.5) is 0 Å². The van der Waals surface area contributed by atoms with Gasteiger partial charge in [0, 0.05) is 19.9 Å². The normalized spacial score (nSPS) is 20.7. The van der Waals surface area contributed by atoms with E-state index in [0.717, 1.165) is 51.4 Å². The molecule has 1 fully saturated rings. The molecule has 1 heterocycles. The van der Waals surface area contributed by atoms with Gasteiger partial charge in [-0.05, 0) is 12.8 Å². The molecule has 0 saturated carbocycles. The van der Waals surface area contributed by atoms with Gasteiger partial charge < -0.3 is 45.6 Å². The zero-order chi connectivity index (χ0) is 44.8. The van der Waals surface area contributed by atoms with Gasteiger partial charge >= 0.3 is 0 Å². The average molecular weight is 871 g/mol. The molecule has 1 aliphatic heterocycles. The fourth-order valence-corrected chi connectivity index (χ4v) is 8.52. The Kier molecular flexibility index (Phi) is 38.0. The third-order valence-corrected chi connectivity index (χ3v) is 12.7. The minimum Gasteiger partial charge on any atom is -0.390 e. The first-order valence-electron chi connectivity index (χ1n) is 25.8. The molecule has 0 radical (unpaired) electrons. The number of rotatable bonds is 43. The van der Waals surface area contributed by atoms with Crippen molar-refractivity contribution in [3.05, 3.63) is 0 Å². The quantitative estimate of drug-likeness (QED) is 0.0294. The molecule has 0 bridgehead atoms. The third kappa shape index (κ3) is 31.2. The van der Waals surface area contributed by atoms with Crippen LogP contribution < -0.4 is 10.6 Å². The van der Waals surface area contributed by atoms with Gasteiger partial charge in [-0.3, -0.25) is 9.59 Å². The molecule has 1 rings (SSSR count). The topological polar surface area (TPSA) is 178 Å². The summed E-state index contributed by atoms with van der Waals surface area (Å²) in [5.41, 5.74) is 0. The molecule has 0 aromatic rings. The number of amides is 2. The summed E-state index contributed by atoms with van der Waals surface area (Å²) < 4.78 is 11.5. The van der Waals surface area contributed by atoms with Crippen LogP contribution in [-0.4, -0.2) is 99.5 Å². The second-order valence-corrected chi connectivity index (χ2v) is 18.5. The van der Waals surface area contributed by atoms with Gasteiger partial charge in [-0.2, -0.15) is 0 Å². The Balaban J connectivity index is 2.40. The first-order valence-corrected chi connectivity index (χ1v) is 25.8. The SMILES string of the molecule is CCCCCCCCCCCCCCCCCCCCCCCC(=O)N[C@@H](CO[C@H]1O[C@H](CNC(C)=O)[C@H](O)[C@H](O)[C@H]1O)[C@H](O)[C@H](O)CCCCCCCCCCCCCC. The molecule has 2 amide bonds. The number of aliphatic hydroxyl groups is 5. The minimum atomic E-state index is -1.61. The highest BCUT2D eigenvalue weighted by atomic mass is 16.7. The summed E-state index contributed by atoms with van der Waals surface area (Å²) in [6, 6.07) is -0.997. The second-order valence-electron chi connectivity index (χ2n) is 18.5. The van der Waals surface area contributed by atoms with Crippen molar-refractivity contribution >= 4 is 11.8 Å². The summed E-state index contributed by atoms with van der Waals surface area (Å²) in [4.78, 5) is 24.6. The number of nitrogens with one attached hydrogen (secondary N) is 2. The maximum absolute atomic E-state index is 13.1. The van der Waals surface area contributed by atoms with E-state index >= 15 is 0 Å². The van der Waals surface area contributed by atoms with Gasteiger partial charge in [-0.1, -0.05) is 219 Å². The maximum Gasteiger partial charge on any atom is 0.220 e. The van der Waals surface area contributed by atoms with E-state index in [-0.39, 0.29) is 31.4 Å². The molecule has 11 heteroatoms. The summed E-state index contributed by atoms with van der Waals surface area (Å²) in [5.74, 6) is -0.607. The Morgan fingerprint density at radius 2 is 0.918 bits per heavy atom. The largest absolute Gasteiger partial charge is 0.390 e. The van der Waals surface area contributed by atoms with E-state index in [1.165, 1.54) is 167 Å². The Bertz CT molecular complexity index is 1010. The van der Waals surface area contributed by atoms with Crippen LogP contribution in [0.1, 0.15) is 245 Å². The number of aliphatic hydroxyl groups excluding tert-OH is 5. The lowest BCUT2D eigenvalue weighted by Gasteiger charge is -2.41. The molecule has 61 heavy (non-hydrogen) atoms. The molecule has 362 valence electrons. The highest BCUT2D eigenvalue weighted by Crippen LogP contribution is 2.23. The lowest BCUT2D eigenvalue weighted by Crippen LogP contribution is -2.61. The van der Waals surface area contributed by atoms with Crippen molar-refractivity contribution in [2.24, 2.45) is 0 Å². The Hall–Kier alpha value is -1.34. The van der Waals surface area contributed by atoms with Crippen molar-refractivity contribution in [2.75, 3.05) is 13.2 Å². The van der Waals surface area contributed by atoms with Gasteiger partial charge in [-0.25, -0.2) is 0 Å². The van der Waals surface area contributed by atoms with Crippen LogP contribution in [0.5, 0.6) is 0 Å². The van der Waals surface area contributed by atoms with Gasteiger partial charge in [0.05, 0.1) is 18.8 Å². The molecule has 1 saturated heterocycles. The van der Waals surface area contributed by atoms with E-state index in [4.69, 9.17) is 9.47 Å². The van der Waals surface area contributed by atoms with E-state index in [0.29, 0.717) is 6.42 Å². The number of carbonyl (C=O) groups is 2. The first kappa shape index (κ1) is 57.7. The van der Waals surface area contributed by atoms with E-state index in [1.807, 2.05) is 0 Å². The minimum absolute atomic E-state index is 0.111. The van der Waals surface area contributed by atoms with Crippen molar-refractivity contribution in [3.8, 4) is 0 Å². The molecule has 0 unspecified atom stereocenters. The average Bonchev–Trinajstić information content (AvgIpc) is 3.24. The Labute approximate surface area is 373 Å². The monoisotopic (exact) mass is 871 g/mol. The molecular formula is C50H98N2O9. The van der Waals surface area contributed by atoms with Gasteiger partial charge in [0.25, 0.3) is 0 Å². The Morgan fingerprint density at radius 3 is 1.31 bits per heavy atom. The Morgan fingerprint density at radius 1 is 0.541 bits per heavy atom. The number of ether oxygens (including phenoxy) is 2. The van der Waals surface area contributed by atoms with Crippen molar-refractivity contribution < 1.29 is 44.6 Å². The van der Waals surface area contributed by atoms with Crippen molar-refractivity contribution in [3.63, 3.8) is 0 Å². The van der Waals surface area contributed by atoms with Crippen molar-refractivity contribution in [1.29, 1.82) is 0 Å². The fourth-order valence-electron chi connectivity index (χ4n) is 8.52. The lowest BCUT2D eigenvalue weighted by molar-refractivity contribution is -0.297. The van der Waals surface area contributed by atoms with E-state index < -0.39 is 49.0 Å². The van der Waals surface area contributed by atoms with Crippen LogP contribution in [0.15, 0.2) is 0 Å². The molecular weight excluding hydrogens is 773 g/mol. The zero-order valence-electron chi connectivity index (χ0n) is 39.7. The van der Waals surface area contributed by atoms with E-state index in [2.05, 4.69) is 24.5 Å². The summed E-state index contributed by atoms with van der Waals surface area (Å²) in [5, 5.41) is 59.1. The summed E-state index contributed by atoms with van der Waals surface area (Å²) in [6.07, 6.45) is 32.5. The molecule has 0 aliphatic carbocycles. The lowest BCUT2D eigenvalue weighted by atomic mass is 9.98. The van der Waals surface area contributed by atoms with Crippen molar-refractivity contribution in [1.82, 2.24) is 10.6 Å². The van der Waals surface area contributed by atoms with Crippen LogP contribution in [0.3, 0.4) is 0 Å². The van der Waals surface area contributed by atoms with Crippen LogP contribution in [0, 0.1) is 0 Å². The van der Waals surface area contributed by atoms with Crippen LogP contribution in [0.2, 0.25) is 0 Å². The van der Waals surface area contributed by atoms with Crippen LogP contribution in [-0.2, 0) is 19.1 Å². The number of unbranched alkanes of at least 4 members (excludes halogenated alkanes) is 31. The number of hydrogen-bond acceptors (Lipinski definition) is 9. The predicted octanol–water partition coefficient (Wildman–Crippen LogP) is 9.85. The number of hydrogen-bond donors (Lipinski definition) is 7. The molecule has 0 aromatic carbocycles. The van der Waals surface area contributed by atoms with Gasteiger partial charge in [-0.15, -0.1) is 0 Å². The van der Waals surface area contributed by atoms with E-state index in [1.54, 1.807) is 0 Å². The van der Waals surface area contributed by atoms with E-state index in [9.17, 15) is 35.1 Å². The molecule has 0 aromatic heterocycles.